The lowest BCUT2D eigenvalue weighted by molar-refractivity contribution is 0.394. The van der Waals surface area contributed by atoms with Gasteiger partial charge in [0.05, 0.1) is 12.8 Å². The lowest BCUT2D eigenvalue weighted by atomic mass is 9.92. The van der Waals surface area contributed by atoms with Crippen molar-refractivity contribution in [3.63, 3.8) is 0 Å². The first kappa shape index (κ1) is 17.1. The Bertz CT molecular complexity index is 684. The van der Waals surface area contributed by atoms with E-state index in [1.54, 1.807) is 7.11 Å². The van der Waals surface area contributed by atoms with Gasteiger partial charge >= 0.3 is 0 Å². The Morgan fingerprint density at radius 2 is 1.78 bits per heavy atom. The van der Waals surface area contributed by atoms with E-state index in [0.29, 0.717) is 11.3 Å². The molecule has 0 aliphatic heterocycles. The van der Waals surface area contributed by atoms with Gasteiger partial charge in [-0.25, -0.2) is 0 Å². The molecule has 3 nitrogen and oxygen atoms in total. The molecule has 0 fully saturated rings. The first-order valence-corrected chi connectivity index (χ1v) is 8.20. The molecule has 2 rings (SSSR count). The number of rotatable bonds is 7. The first-order valence-electron chi connectivity index (χ1n) is 8.20. The van der Waals surface area contributed by atoms with Crippen LogP contribution in [0.1, 0.15) is 50.4 Å². The molecule has 2 aromatic carbocycles. The number of hydrogen-bond acceptors (Lipinski definition) is 3. The molecule has 2 N–H and O–H groups in total. The molecule has 0 saturated heterocycles. The standard InChI is InChI=1S/C20H25NO2.H2/c1-4-9-15-13-17(18(21)14-11-7-6-8-12-14)19(22)16(10-5-2)20(15)23-3;/h6-8,11-13,21-22H,4-5,9-10H2,1-3H3;1H. The second-order valence-electron chi connectivity index (χ2n) is 5.68. The molecule has 0 unspecified atom stereocenters. The molecule has 0 aliphatic rings. The number of hydrogen-bond donors (Lipinski definition) is 2. The normalized spacial score (nSPS) is 10.6. The molecule has 0 aromatic heterocycles. The van der Waals surface area contributed by atoms with Crippen LogP contribution < -0.4 is 4.74 Å². The summed E-state index contributed by atoms with van der Waals surface area (Å²) in [6, 6.07) is 11.4. The number of phenols is 1. The van der Waals surface area contributed by atoms with E-state index in [9.17, 15) is 5.11 Å². The monoisotopic (exact) mass is 313 g/mol. The zero-order valence-corrected chi connectivity index (χ0v) is 14.1. The SMILES string of the molecule is CCCc1cc(C(=N)c2ccccc2)c(O)c(CCC)c1OC.[HH]. The van der Waals surface area contributed by atoms with Gasteiger partial charge in [0.15, 0.2) is 0 Å². The molecule has 0 radical (unpaired) electrons. The number of ether oxygens (including phenoxy) is 1. The van der Waals surface area contributed by atoms with Crippen LogP contribution in [0.4, 0.5) is 0 Å². The number of benzene rings is 2. The molecular formula is C20H27NO2. The van der Waals surface area contributed by atoms with Gasteiger partial charge in [0.1, 0.15) is 11.5 Å². The first-order chi connectivity index (χ1) is 11.1. The highest BCUT2D eigenvalue weighted by Gasteiger charge is 2.20. The average Bonchev–Trinajstić information content (AvgIpc) is 2.58. The minimum atomic E-state index is 0. The van der Waals surface area contributed by atoms with Gasteiger partial charge in [-0.2, -0.15) is 0 Å². The van der Waals surface area contributed by atoms with Crippen molar-refractivity contribution in [2.75, 3.05) is 7.11 Å². The Hall–Kier alpha value is -2.29. The van der Waals surface area contributed by atoms with E-state index < -0.39 is 0 Å². The Morgan fingerprint density at radius 3 is 2.35 bits per heavy atom. The summed E-state index contributed by atoms with van der Waals surface area (Å²) in [6.45, 7) is 4.20. The molecule has 23 heavy (non-hydrogen) atoms. The van der Waals surface area contributed by atoms with Gasteiger partial charge in [0.2, 0.25) is 0 Å². The highest BCUT2D eigenvalue weighted by molar-refractivity contribution is 6.13. The van der Waals surface area contributed by atoms with Gasteiger partial charge in [-0.3, -0.25) is 5.41 Å². The Morgan fingerprint density at radius 1 is 1.13 bits per heavy atom. The smallest absolute Gasteiger partial charge is 0.131 e. The maximum atomic E-state index is 10.7. The lowest BCUT2D eigenvalue weighted by Crippen LogP contribution is -2.07. The van der Waals surface area contributed by atoms with Crippen molar-refractivity contribution in [2.45, 2.75) is 39.5 Å². The van der Waals surface area contributed by atoms with Gasteiger partial charge in [0, 0.05) is 18.1 Å². The molecule has 124 valence electrons. The van der Waals surface area contributed by atoms with Gasteiger partial charge in [-0.05, 0) is 24.5 Å². The van der Waals surface area contributed by atoms with Crippen LogP contribution in [0.5, 0.6) is 11.5 Å². The average molecular weight is 313 g/mol. The summed E-state index contributed by atoms with van der Waals surface area (Å²) < 4.78 is 5.57. The molecule has 0 amide bonds. The van der Waals surface area contributed by atoms with E-state index in [2.05, 4.69) is 13.8 Å². The Labute approximate surface area is 139 Å². The number of methoxy groups -OCH3 is 1. The molecule has 0 aliphatic carbocycles. The molecule has 0 atom stereocenters. The van der Waals surface area contributed by atoms with Crippen molar-refractivity contribution in [3.8, 4) is 11.5 Å². The van der Waals surface area contributed by atoms with E-state index in [0.717, 1.165) is 48.1 Å². The fourth-order valence-corrected chi connectivity index (χ4v) is 2.91. The maximum Gasteiger partial charge on any atom is 0.131 e. The largest absolute Gasteiger partial charge is 0.507 e. The predicted molar refractivity (Wildman–Crippen MR) is 97.1 cm³/mol. The van der Waals surface area contributed by atoms with E-state index in [-0.39, 0.29) is 7.18 Å². The molecule has 0 spiro atoms. The van der Waals surface area contributed by atoms with E-state index in [4.69, 9.17) is 10.1 Å². The third-order valence-corrected chi connectivity index (χ3v) is 3.98. The molecule has 0 bridgehead atoms. The highest BCUT2D eigenvalue weighted by atomic mass is 16.5. The van der Waals surface area contributed by atoms with Gasteiger partial charge in [-0.15, -0.1) is 0 Å². The predicted octanol–water partition coefficient (Wildman–Crippen LogP) is 4.97. The van der Waals surface area contributed by atoms with Crippen molar-refractivity contribution in [2.24, 2.45) is 0 Å². The van der Waals surface area contributed by atoms with Crippen LogP contribution in [-0.2, 0) is 12.8 Å². The van der Waals surface area contributed by atoms with Crippen molar-refractivity contribution < 1.29 is 11.3 Å². The van der Waals surface area contributed by atoms with Crippen molar-refractivity contribution >= 4 is 5.71 Å². The molecule has 2 aromatic rings. The van der Waals surface area contributed by atoms with E-state index in [1.165, 1.54) is 0 Å². The Kier molecular flexibility index (Phi) is 5.80. The Balaban J connectivity index is 0.00000288. The quantitative estimate of drug-likeness (QED) is 0.709. The summed E-state index contributed by atoms with van der Waals surface area (Å²) in [6.07, 6.45) is 3.51. The van der Waals surface area contributed by atoms with Crippen molar-refractivity contribution in [1.82, 2.24) is 0 Å². The third kappa shape index (κ3) is 3.55. The van der Waals surface area contributed by atoms with Crippen LogP contribution >= 0.6 is 0 Å². The van der Waals surface area contributed by atoms with Crippen LogP contribution in [0.2, 0.25) is 0 Å². The second-order valence-corrected chi connectivity index (χ2v) is 5.68. The zero-order valence-electron chi connectivity index (χ0n) is 14.1. The van der Waals surface area contributed by atoms with Crippen LogP contribution in [0.25, 0.3) is 0 Å². The van der Waals surface area contributed by atoms with Crippen LogP contribution in [0.15, 0.2) is 36.4 Å². The third-order valence-electron chi connectivity index (χ3n) is 3.98. The van der Waals surface area contributed by atoms with Crippen molar-refractivity contribution in [3.05, 3.63) is 58.7 Å². The topological polar surface area (TPSA) is 53.3 Å². The van der Waals surface area contributed by atoms with Crippen LogP contribution in [0, 0.1) is 5.41 Å². The minimum Gasteiger partial charge on any atom is -0.507 e. The minimum absolute atomic E-state index is 0. The lowest BCUT2D eigenvalue weighted by Gasteiger charge is -2.18. The highest BCUT2D eigenvalue weighted by Crippen LogP contribution is 2.37. The molecule has 3 heteroatoms. The summed E-state index contributed by atoms with van der Waals surface area (Å²) in [4.78, 5) is 0. The molecule has 0 saturated carbocycles. The zero-order chi connectivity index (χ0) is 16.8. The second kappa shape index (κ2) is 7.82. The summed E-state index contributed by atoms with van der Waals surface area (Å²) in [5.41, 5.74) is 3.62. The summed E-state index contributed by atoms with van der Waals surface area (Å²) in [5, 5.41) is 19.2. The van der Waals surface area contributed by atoms with E-state index in [1.807, 2.05) is 36.4 Å². The fourth-order valence-electron chi connectivity index (χ4n) is 2.91. The van der Waals surface area contributed by atoms with Gasteiger partial charge in [-0.1, -0.05) is 57.0 Å². The number of aryl methyl sites for hydroxylation is 1. The number of aromatic hydroxyl groups is 1. The molecular weight excluding hydrogens is 286 g/mol. The van der Waals surface area contributed by atoms with Crippen molar-refractivity contribution in [1.29, 1.82) is 5.41 Å². The molecule has 0 heterocycles. The summed E-state index contributed by atoms with van der Waals surface area (Å²) >= 11 is 0. The summed E-state index contributed by atoms with van der Waals surface area (Å²) in [7, 11) is 1.65. The number of nitrogens with one attached hydrogen (secondary N) is 1. The summed E-state index contributed by atoms with van der Waals surface area (Å²) in [5.74, 6) is 0.952. The maximum absolute atomic E-state index is 10.7. The van der Waals surface area contributed by atoms with Gasteiger partial charge < -0.3 is 9.84 Å². The van der Waals surface area contributed by atoms with Crippen LogP contribution in [0.3, 0.4) is 0 Å². The van der Waals surface area contributed by atoms with Crippen LogP contribution in [-0.4, -0.2) is 17.9 Å². The van der Waals surface area contributed by atoms with Gasteiger partial charge in [0.25, 0.3) is 0 Å². The van der Waals surface area contributed by atoms with E-state index >= 15 is 0 Å². The number of phenolic OH excluding ortho intramolecular Hbond substituents is 1. The fraction of sp³-hybridized carbons (Fsp3) is 0.350.